The van der Waals surface area contributed by atoms with Gasteiger partial charge in [0.15, 0.2) is 0 Å². The second-order valence-corrected chi connectivity index (χ2v) is 5.00. The van der Waals surface area contributed by atoms with Gasteiger partial charge in [-0.2, -0.15) is 12.6 Å². The van der Waals surface area contributed by atoms with Crippen molar-refractivity contribution in [3.05, 3.63) is 48.0 Å². The fourth-order valence-electron chi connectivity index (χ4n) is 1.86. The zero-order chi connectivity index (χ0) is 11.4. The summed E-state index contributed by atoms with van der Waals surface area (Å²) in [6, 6.07) is 14.9. The summed E-state index contributed by atoms with van der Waals surface area (Å²) in [5, 5.41) is 6.46. The van der Waals surface area contributed by atoms with Crippen molar-refractivity contribution in [3.63, 3.8) is 0 Å². The third kappa shape index (κ3) is 2.77. The monoisotopic (exact) mass is 231 g/mol. The van der Waals surface area contributed by atoms with Crippen LogP contribution in [0.4, 0.5) is 0 Å². The van der Waals surface area contributed by atoms with E-state index in [1.54, 1.807) is 0 Å². The summed E-state index contributed by atoms with van der Waals surface area (Å²) < 4.78 is 0. The van der Waals surface area contributed by atoms with Gasteiger partial charge in [0.05, 0.1) is 0 Å². The van der Waals surface area contributed by atoms with Crippen LogP contribution >= 0.6 is 12.6 Å². The maximum absolute atomic E-state index is 4.36. The third-order valence-electron chi connectivity index (χ3n) is 2.64. The molecule has 2 rings (SSSR count). The first kappa shape index (κ1) is 11.5. The van der Waals surface area contributed by atoms with Crippen molar-refractivity contribution >= 4 is 23.4 Å². The van der Waals surface area contributed by atoms with Gasteiger partial charge >= 0.3 is 0 Å². The summed E-state index contributed by atoms with van der Waals surface area (Å²) in [4.78, 5) is 0. The minimum absolute atomic E-state index is 0.398. The molecule has 0 bridgehead atoms. The zero-order valence-corrected chi connectivity index (χ0v) is 10.4. The molecule has 0 fully saturated rings. The van der Waals surface area contributed by atoms with E-state index in [-0.39, 0.29) is 0 Å². The first-order valence-corrected chi connectivity index (χ1v) is 6.14. The highest BCUT2D eigenvalue weighted by molar-refractivity contribution is 7.80. The van der Waals surface area contributed by atoms with Crippen LogP contribution in [0.1, 0.15) is 12.5 Å². The number of benzene rings is 2. The van der Waals surface area contributed by atoms with Crippen LogP contribution in [0.5, 0.6) is 0 Å². The van der Waals surface area contributed by atoms with Crippen LogP contribution < -0.4 is 5.32 Å². The van der Waals surface area contributed by atoms with E-state index in [4.69, 9.17) is 0 Å². The van der Waals surface area contributed by atoms with Crippen LogP contribution in [0.2, 0.25) is 0 Å². The van der Waals surface area contributed by atoms with Crippen molar-refractivity contribution in [2.24, 2.45) is 0 Å². The zero-order valence-electron chi connectivity index (χ0n) is 9.48. The van der Waals surface area contributed by atoms with E-state index in [1.807, 2.05) is 0 Å². The summed E-state index contributed by atoms with van der Waals surface area (Å²) >= 11 is 4.36. The molecule has 0 aromatic heterocycles. The number of fused-ring (bicyclic) bond motifs is 1. The lowest BCUT2D eigenvalue weighted by Gasteiger charge is -2.09. The first-order valence-electron chi connectivity index (χ1n) is 5.63. The molecule has 2 heteroatoms. The molecular formula is C14H17NS. The Morgan fingerprint density at radius 2 is 1.88 bits per heavy atom. The van der Waals surface area contributed by atoms with Crippen molar-refractivity contribution in [3.8, 4) is 0 Å². The van der Waals surface area contributed by atoms with Crippen LogP contribution in [0.25, 0.3) is 10.8 Å². The molecule has 16 heavy (non-hydrogen) atoms. The molecule has 1 atom stereocenters. The molecule has 1 unspecified atom stereocenters. The molecule has 0 aliphatic heterocycles. The van der Waals surface area contributed by atoms with E-state index in [1.165, 1.54) is 16.3 Å². The molecule has 2 aromatic carbocycles. The Kier molecular flexibility index (Phi) is 3.86. The average Bonchev–Trinajstić information content (AvgIpc) is 2.29. The van der Waals surface area contributed by atoms with Crippen LogP contribution in [-0.4, -0.2) is 11.8 Å². The van der Waals surface area contributed by atoms with Gasteiger partial charge in [0.2, 0.25) is 0 Å². The first-order chi connectivity index (χ1) is 7.77. The van der Waals surface area contributed by atoms with Crippen molar-refractivity contribution in [2.75, 3.05) is 6.54 Å². The molecule has 1 nitrogen and oxygen atoms in total. The molecule has 0 heterocycles. The molecule has 0 saturated carbocycles. The van der Waals surface area contributed by atoms with Gasteiger partial charge in [-0.3, -0.25) is 0 Å². The molecule has 0 aliphatic rings. The maximum Gasteiger partial charge on any atom is 0.0212 e. The molecule has 0 aliphatic carbocycles. The summed E-state index contributed by atoms with van der Waals surface area (Å²) in [7, 11) is 0. The Hall–Kier alpha value is -0.990. The van der Waals surface area contributed by atoms with Crippen LogP contribution in [-0.2, 0) is 6.54 Å². The van der Waals surface area contributed by atoms with E-state index in [2.05, 4.69) is 67.3 Å². The lowest BCUT2D eigenvalue weighted by atomic mass is 10.0. The van der Waals surface area contributed by atoms with Crippen molar-refractivity contribution in [1.82, 2.24) is 5.32 Å². The number of hydrogen-bond acceptors (Lipinski definition) is 2. The summed E-state index contributed by atoms with van der Waals surface area (Å²) in [6.45, 7) is 3.94. The predicted octanol–water partition coefficient (Wildman–Crippen LogP) is 3.25. The highest BCUT2D eigenvalue weighted by Gasteiger charge is 2.00. The quantitative estimate of drug-likeness (QED) is 0.770. The highest BCUT2D eigenvalue weighted by atomic mass is 32.1. The lowest BCUT2D eigenvalue weighted by molar-refractivity contribution is 0.689. The van der Waals surface area contributed by atoms with Crippen molar-refractivity contribution < 1.29 is 0 Å². The SMILES string of the molecule is CC(S)CNCc1cccc2ccccc12. The number of rotatable bonds is 4. The smallest absolute Gasteiger partial charge is 0.0212 e. The molecule has 0 saturated heterocycles. The fraction of sp³-hybridized carbons (Fsp3) is 0.286. The normalized spacial score (nSPS) is 12.9. The highest BCUT2D eigenvalue weighted by Crippen LogP contribution is 2.18. The van der Waals surface area contributed by atoms with Gasteiger partial charge in [-0.05, 0) is 16.3 Å². The number of thiol groups is 1. The molecular weight excluding hydrogens is 214 g/mol. The Labute approximate surface area is 102 Å². The summed E-state index contributed by atoms with van der Waals surface area (Å²) in [5.41, 5.74) is 1.35. The second-order valence-electron chi connectivity index (χ2n) is 4.12. The minimum Gasteiger partial charge on any atom is -0.312 e. The topological polar surface area (TPSA) is 12.0 Å². The van der Waals surface area contributed by atoms with Gasteiger partial charge in [0.1, 0.15) is 0 Å². The fourth-order valence-corrected chi connectivity index (χ4v) is 1.99. The minimum atomic E-state index is 0.398. The van der Waals surface area contributed by atoms with Gasteiger partial charge < -0.3 is 5.32 Å². The van der Waals surface area contributed by atoms with E-state index in [9.17, 15) is 0 Å². The molecule has 2 aromatic rings. The van der Waals surface area contributed by atoms with E-state index in [0.717, 1.165) is 13.1 Å². The number of hydrogen-bond donors (Lipinski definition) is 2. The third-order valence-corrected chi connectivity index (χ3v) is 2.82. The van der Waals surface area contributed by atoms with Crippen LogP contribution in [0, 0.1) is 0 Å². The van der Waals surface area contributed by atoms with E-state index in [0.29, 0.717) is 5.25 Å². The maximum atomic E-state index is 4.36. The molecule has 0 amide bonds. The second kappa shape index (κ2) is 5.37. The Morgan fingerprint density at radius 1 is 1.12 bits per heavy atom. The molecule has 0 radical (unpaired) electrons. The lowest BCUT2D eigenvalue weighted by Crippen LogP contribution is -2.20. The van der Waals surface area contributed by atoms with Gasteiger partial charge in [0, 0.05) is 18.3 Å². The van der Waals surface area contributed by atoms with Crippen molar-refractivity contribution in [2.45, 2.75) is 18.7 Å². The van der Waals surface area contributed by atoms with Gasteiger partial charge in [0.25, 0.3) is 0 Å². The Balaban J connectivity index is 2.17. The number of nitrogens with one attached hydrogen (secondary N) is 1. The van der Waals surface area contributed by atoms with Crippen LogP contribution in [0.3, 0.4) is 0 Å². The van der Waals surface area contributed by atoms with Crippen molar-refractivity contribution in [1.29, 1.82) is 0 Å². The largest absolute Gasteiger partial charge is 0.312 e. The van der Waals surface area contributed by atoms with Gasteiger partial charge in [-0.25, -0.2) is 0 Å². The van der Waals surface area contributed by atoms with E-state index >= 15 is 0 Å². The Bertz CT molecular complexity index is 460. The predicted molar refractivity (Wildman–Crippen MR) is 74.1 cm³/mol. The Morgan fingerprint density at radius 3 is 2.69 bits per heavy atom. The molecule has 1 N–H and O–H groups in total. The standard InChI is InChI=1S/C14H17NS/c1-11(16)9-15-10-13-7-4-6-12-5-2-3-8-14(12)13/h2-8,11,15-16H,9-10H2,1H3. The van der Waals surface area contributed by atoms with E-state index < -0.39 is 0 Å². The summed E-state index contributed by atoms with van der Waals surface area (Å²) in [6.07, 6.45) is 0. The summed E-state index contributed by atoms with van der Waals surface area (Å²) in [5.74, 6) is 0. The average molecular weight is 231 g/mol. The van der Waals surface area contributed by atoms with Gasteiger partial charge in [-0.15, -0.1) is 0 Å². The molecule has 0 spiro atoms. The molecule has 84 valence electrons. The van der Waals surface area contributed by atoms with Crippen LogP contribution in [0.15, 0.2) is 42.5 Å². The van der Waals surface area contributed by atoms with Gasteiger partial charge in [-0.1, -0.05) is 49.4 Å².